The van der Waals surface area contributed by atoms with Gasteiger partial charge in [-0.3, -0.25) is 14.4 Å². The van der Waals surface area contributed by atoms with E-state index in [1.807, 2.05) is 0 Å². The van der Waals surface area contributed by atoms with E-state index < -0.39 is 26.1 Å². The number of ketones is 3. The molecule has 1 aromatic carbocycles. The summed E-state index contributed by atoms with van der Waals surface area (Å²) >= 11 is 4.58. The number of thioether (sulfide) groups is 1. The third-order valence-electron chi connectivity index (χ3n) is 4.50. The molecule has 3 rings (SSSR count). The van der Waals surface area contributed by atoms with E-state index in [4.69, 9.17) is 0 Å². The van der Waals surface area contributed by atoms with Crippen LogP contribution in [0.15, 0.2) is 21.5 Å². The molecule has 5 nitrogen and oxygen atoms in total. The van der Waals surface area contributed by atoms with Gasteiger partial charge in [-0.25, -0.2) is 8.42 Å². The van der Waals surface area contributed by atoms with Crippen LogP contribution in [0.25, 0.3) is 0 Å². The van der Waals surface area contributed by atoms with E-state index in [1.165, 1.54) is 23.9 Å². The van der Waals surface area contributed by atoms with Crippen molar-refractivity contribution in [2.75, 3.05) is 6.26 Å². The van der Waals surface area contributed by atoms with E-state index in [0.717, 1.165) is 0 Å². The number of fused-ring (bicyclic) bond motifs is 1. The average Bonchev–Trinajstić information content (AvgIpc) is 2.79. The zero-order valence-corrected chi connectivity index (χ0v) is 16.1. The number of carbonyl (C=O) groups excluding carboxylic acids is 3. The molecule has 0 aromatic heterocycles. The van der Waals surface area contributed by atoms with E-state index in [1.54, 1.807) is 6.26 Å². The second kappa shape index (κ2) is 6.38. The largest absolute Gasteiger partial charge is 0.298 e. The minimum Gasteiger partial charge on any atom is -0.298 e. The highest BCUT2D eigenvalue weighted by atomic mass is 79.9. The van der Waals surface area contributed by atoms with Crippen LogP contribution in [0.5, 0.6) is 0 Å². The third kappa shape index (κ3) is 2.68. The second-order valence-electron chi connectivity index (χ2n) is 5.90. The summed E-state index contributed by atoms with van der Waals surface area (Å²) in [4.78, 5) is 37.0. The highest BCUT2D eigenvalue weighted by Crippen LogP contribution is 2.41. The summed E-state index contributed by atoms with van der Waals surface area (Å²) in [6.45, 7) is 0. The molecule has 1 unspecified atom stereocenters. The molecule has 1 aromatic rings. The van der Waals surface area contributed by atoms with Crippen LogP contribution in [0.2, 0.25) is 0 Å². The number of Topliss-reactive ketones (excluding diaryl/α,β-unsaturated/α-hetero) is 3. The van der Waals surface area contributed by atoms with Crippen LogP contribution in [0.4, 0.5) is 0 Å². The van der Waals surface area contributed by atoms with Crippen molar-refractivity contribution in [3.63, 3.8) is 0 Å². The van der Waals surface area contributed by atoms with Gasteiger partial charge in [-0.05, 0) is 46.3 Å². The molecular formula is C16H15BrO5S2. The van der Waals surface area contributed by atoms with E-state index in [9.17, 15) is 22.8 Å². The molecule has 0 N–H and O–H groups in total. The smallest absolute Gasteiger partial charge is 0.191 e. The number of halogens is 1. The van der Waals surface area contributed by atoms with Crippen LogP contribution >= 0.6 is 27.7 Å². The van der Waals surface area contributed by atoms with E-state index in [0.29, 0.717) is 22.9 Å². The van der Waals surface area contributed by atoms with Crippen LogP contribution in [0.3, 0.4) is 0 Å². The summed E-state index contributed by atoms with van der Waals surface area (Å²) in [5, 5.41) is 0. The molecule has 2 aliphatic rings. The first-order valence-corrected chi connectivity index (χ1v) is 11.1. The molecule has 8 heteroatoms. The van der Waals surface area contributed by atoms with Crippen LogP contribution in [-0.4, -0.2) is 36.6 Å². The zero-order valence-electron chi connectivity index (χ0n) is 12.9. The van der Waals surface area contributed by atoms with E-state index >= 15 is 0 Å². The van der Waals surface area contributed by atoms with Gasteiger partial charge in [0.2, 0.25) is 0 Å². The SMILES string of the molecule is CSC1Cc2c(ccc(C(=O)C3C(=O)CCCC3=O)c2Br)S1(=O)=O. The zero-order chi connectivity index (χ0) is 17.6. The maximum Gasteiger partial charge on any atom is 0.191 e. The van der Waals surface area contributed by atoms with Crippen molar-refractivity contribution >= 4 is 54.9 Å². The van der Waals surface area contributed by atoms with Crippen LogP contribution in [0, 0.1) is 5.92 Å². The Morgan fingerprint density at radius 1 is 1.21 bits per heavy atom. The van der Waals surface area contributed by atoms with Crippen molar-refractivity contribution in [3.8, 4) is 0 Å². The summed E-state index contributed by atoms with van der Waals surface area (Å²) in [6.07, 6.45) is 2.97. The predicted octanol–water partition coefficient (Wildman–Crippen LogP) is 2.59. The molecule has 0 bridgehead atoms. The summed E-state index contributed by atoms with van der Waals surface area (Å²) in [5.74, 6) is -2.48. The maximum absolute atomic E-state index is 12.7. The Hall–Kier alpha value is -0.990. The Balaban J connectivity index is 2.05. The lowest BCUT2D eigenvalue weighted by molar-refractivity contribution is -0.133. The summed E-state index contributed by atoms with van der Waals surface area (Å²) in [5.41, 5.74) is 0.759. The number of benzene rings is 1. The molecule has 1 aliphatic heterocycles. The first kappa shape index (κ1) is 17.8. The van der Waals surface area contributed by atoms with Gasteiger partial charge in [-0.15, -0.1) is 11.8 Å². The fourth-order valence-electron chi connectivity index (χ4n) is 3.23. The molecule has 1 atom stereocenters. The molecule has 1 fully saturated rings. The van der Waals surface area contributed by atoms with Crippen molar-refractivity contribution in [2.45, 2.75) is 35.2 Å². The van der Waals surface area contributed by atoms with Crippen molar-refractivity contribution in [1.29, 1.82) is 0 Å². The fourth-order valence-corrected chi connectivity index (χ4v) is 7.18. The molecule has 1 saturated carbocycles. The van der Waals surface area contributed by atoms with Crippen LogP contribution in [-0.2, 0) is 25.8 Å². The molecular weight excluding hydrogens is 416 g/mol. The molecule has 0 spiro atoms. The number of carbonyl (C=O) groups is 3. The van der Waals surface area contributed by atoms with E-state index in [-0.39, 0.29) is 34.9 Å². The minimum absolute atomic E-state index is 0.208. The van der Waals surface area contributed by atoms with Gasteiger partial charge in [0.15, 0.2) is 27.2 Å². The molecule has 0 amide bonds. The van der Waals surface area contributed by atoms with Crippen molar-refractivity contribution in [3.05, 3.63) is 27.7 Å². The Labute approximate surface area is 152 Å². The number of rotatable bonds is 3. The number of sulfone groups is 1. The highest BCUT2D eigenvalue weighted by Gasteiger charge is 2.41. The first-order valence-electron chi connectivity index (χ1n) is 7.46. The van der Waals surface area contributed by atoms with Crippen LogP contribution < -0.4 is 0 Å². The van der Waals surface area contributed by atoms with Crippen molar-refractivity contribution < 1.29 is 22.8 Å². The summed E-state index contributed by atoms with van der Waals surface area (Å²) < 4.78 is 24.6. The highest BCUT2D eigenvalue weighted by molar-refractivity contribution is 9.10. The van der Waals surface area contributed by atoms with Crippen LogP contribution in [0.1, 0.15) is 35.2 Å². The van der Waals surface area contributed by atoms with Crippen molar-refractivity contribution in [1.82, 2.24) is 0 Å². The molecule has 0 saturated heterocycles. The molecule has 1 aliphatic carbocycles. The predicted molar refractivity (Wildman–Crippen MR) is 94.0 cm³/mol. The Bertz CT molecular complexity index is 843. The summed E-state index contributed by atoms with van der Waals surface area (Å²) in [7, 11) is -3.42. The molecule has 128 valence electrons. The quantitative estimate of drug-likeness (QED) is 0.540. The fraction of sp³-hybridized carbons (Fsp3) is 0.438. The Kier molecular flexibility index (Phi) is 4.74. The summed E-state index contributed by atoms with van der Waals surface area (Å²) in [6, 6.07) is 2.82. The van der Waals surface area contributed by atoms with Gasteiger partial charge < -0.3 is 0 Å². The van der Waals surface area contributed by atoms with Crippen molar-refractivity contribution in [2.24, 2.45) is 5.92 Å². The topological polar surface area (TPSA) is 85.3 Å². The maximum atomic E-state index is 12.7. The Morgan fingerprint density at radius 2 is 1.83 bits per heavy atom. The number of hydrogen-bond acceptors (Lipinski definition) is 6. The Morgan fingerprint density at radius 3 is 2.42 bits per heavy atom. The minimum atomic E-state index is -3.42. The van der Waals surface area contributed by atoms with Gasteiger partial charge >= 0.3 is 0 Å². The monoisotopic (exact) mass is 430 g/mol. The van der Waals surface area contributed by atoms with Gasteiger partial charge in [0.05, 0.1) is 4.90 Å². The molecule has 1 heterocycles. The van der Waals surface area contributed by atoms with Gasteiger partial charge in [0.25, 0.3) is 0 Å². The van der Waals surface area contributed by atoms with Gasteiger partial charge in [-0.2, -0.15) is 0 Å². The molecule has 0 radical (unpaired) electrons. The second-order valence-corrected chi connectivity index (χ2v) is 10.1. The van der Waals surface area contributed by atoms with E-state index in [2.05, 4.69) is 15.9 Å². The third-order valence-corrected chi connectivity index (χ3v) is 9.29. The average molecular weight is 431 g/mol. The lowest BCUT2D eigenvalue weighted by Gasteiger charge is -2.19. The molecule has 24 heavy (non-hydrogen) atoms. The lowest BCUT2D eigenvalue weighted by Crippen LogP contribution is -2.35. The van der Waals surface area contributed by atoms with Gasteiger partial charge in [0.1, 0.15) is 10.5 Å². The van der Waals surface area contributed by atoms with Gasteiger partial charge in [0, 0.05) is 29.3 Å². The van der Waals surface area contributed by atoms with Gasteiger partial charge in [-0.1, -0.05) is 0 Å². The number of hydrogen-bond donors (Lipinski definition) is 0. The first-order chi connectivity index (χ1) is 11.3. The standard InChI is InChI=1S/C16H15BrO5S2/c1-23-13-7-9-12(24(13,21)22)6-5-8(15(9)17)16(20)14-10(18)3-2-4-11(14)19/h5-6,13-14H,2-4,7H2,1H3. The lowest BCUT2D eigenvalue weighted by atomic mass is 9.81. The normalized spacial score (nSPS) is 23.3.